The largest absolute Gasteiger partial charge is 0.455 e. The molecule has 0 saturated heterocycles. The van der Waals surface area contributed by atoms with Crippen LogP contribution in [0.4, 0.5) is 5.69 Å². The van der Waals surface area contributed by atoms with Gasteiger partial charge in [0.2, 0.25) is 0 Å². The molecule has 2 aromatic carbocycles. The molecule has 0 spiro atoms. The first-order chi connectivity index (χ1) is 11.5. The zero-order chi connectivity index (χ0) is 17.5. The van der Waals surface area contributed by atoms with E-state index >= 15 is 0 Å². The van der Waals surface area contributed by atoms with Crippen LogP contribution in [0.3, 0.4) is 0 Å². The Morgan fingerprint density at radius 2 is 1.75 bits per heavy atom. The first-order valence-corrected chi connectivity index (χ1v) is 8.54. The lowest BCUT2D eigenvalue weighted by Gasteiger charge is -2.13. The van der Waals surface area contributed by atoms with Gasteiger partial charge in [-0.05, 0) is 35.2 Å². The Balaban J connectivity index is 1.85. The molecule has 0 aliphatic carbocycles. The summed E-state index contributed by atoms with van der Waals surface area (Å²) in [6.45, 7) is 3.83. The van der Waals surface area contributed by atoms with Crippen molar-refractivity contribution in [2.45, 2.75) is 26.2 Å². The van der Waals surface area contributed by atoms with Crippen LogP contribution in [0, 0.1) is 0 Å². The van der Waals surface area contributed by atoms with Crippen LogP contribution in [0.1, 0.15) is 30.9 Å². The van der Waals surface area contributed by atoms with Gasteiger partial charge in [0.05, 0.1) is 6.42 Å². The average Bonchev–Trinajstić information content (AvgIpc) is 2.55. The predicted molar refractivity (Wildman–Crippen MR) is 98.0 cm³/mol. The molecule has 1 N–H and O–H groups in total. The summed E-state index contributed by atoms with van der Waals surface area (Å²) in [7, 11) is 0. The maximum absolute atomic E-state index is 12.0. The summed E-state index contributed by atoms with van der Waals surface area (Å²) in [5, 5.41) is 2.80. The number of ether oxygens (including phenoxy) is 1. The molecule has 4 nitrogen and oxygen atoms in total. The number of nitrogens with one attached hydrogen (secondary N) is 1. The Bertz CT molecular complexity index is 711. The zero-order valence-electron chi connectivity index (χ0n) is 13.7. The maximum atomic E-state index is 12.0. The van der Waals surface area contributed by atoms with Crippen LogP contribution >= 0.6 is 15.9 Å². The Morgan fingerprint density at radius 3 is 2.42 bits per heavy atom. The van der Waals surface area contributed by atoms with Gasteiger partial charge in [0, 0.05) is 10.2 Å². The Kier molecular flexibility index (Phi) is 6.55. The summed E-state index contributed by atoms with van der Waals surface area (Å²) in [6, 6.07) is 15.0. The Morgan fingerprint density at radius 1 is 1.08 bits per heavy atom. The second-order valence-corrected chi connectivity index (χ2v) is 6.67. The van der Waals surface area contributed by atoms with Gasteiger partial charge in [0.1, 0.15) is 0 Å². The van der Waals surface area contributed by atoms with Gasteiger partial charge in [0.15, 0.2) is 6.61 Å². The molecule has 0 aliphatic rings. The second-order valence-electron chi connectivity index (χ2n) is 5.75. The highest BCUT2D eigenvalue weighted by molar-refractivity contribution is 9.10. The predicted octanol–water partition coefficient (Wildman–Crippen LogP) is 4.30. The van der Waals surface area contributed by atoms with Crippen LogP contribution in [0.2, 0.25) is 0 Å². The molecule has 0 fully saturated rings. The van der Waals surface area contributed by atoms with Crippen molar-refractivity contribution >= 4 is 33.5 Å². The van der Waals surface area contributed by atoms with Gasteiger partial charge in [-0.15, -0.1) is 0 Å². The third kappa shape index (κ3) is 5.49. The number of hydrogen-bond acceptors (Lipinski definition) is 3. The van der Waals surface area contributed by atoms with Crippen LogP contribution in [0.15, 0.2) is 53.0 Å². The molecule has 0 unspecified atom stereocenters. The molecule has 126 valence electrons. The molecule has 1 amide bonds. The monoisotopic (exact) mass is 389 g/mol. The number of benzene rings is 2. The number of amides is 1. The second kappa shape index (κ2) is 8.64. The minimum Gasteiger partial charge on any atom is -0.455 e. The summed E-state index contributed by atoms with van der Waals surface area (Å²) in [5.74, 6) is -0.474. The summed E-state index contributed by atoms with van der Waals surface area (Å²) in [6.07, 6.45) is 0.142. The number of hydrogen-bond donors (Lipinski definition) is 1. The van der Waals surface area contributed by atoms with Crippen molar-refractivity contribution in [1.29, 1.82) is 0 Å². The molecular formula is C19H20BrNO3. The lowest BCUT2D eigenvalue weighted by Crippen LogP contribution is -2.22. The van der Waals surface area contributed by atoms with E-state index in [1.54, 1.807) is 0 Å². The fraction of sp³-hybridized carbons (Fsp3) is 0.263. The molecule has 0 bridgehead atoms. The van der Waals surface area contributed by atoms with Crippen molar-refractivity contribution in [3.05, 3.63) is 64.1 Å². The van der Waals surface area contributed by atoms with Crippen LogP contribution in [0.25, 0.3) is 0 Å². The van der Waals surface area contributed by atoms with E-state index in [1.165, 1.54) is 0 Å². The topological polar surface area (TPSA) is 55.4 Å². The maximum Gasteiger partial charge on any atom is 0.310 e. The first-order valence-electron chi connectivity index (χ1n) is 7.74. The normalized spacial score (nSPS) is 10.5. The molecular weight excluding hydrogens is 370 g/mol. The highest BCUT2D eigenvalue weighted by Crippen LogP contribution is 2.23. The number of anilines is 1. The summed E-state index contributed by atoms with van der Waals surface area (Å²) in [4.78, 5) is 23.8. The molecule has 0 heterocycles. The average molecular weight is 390 g/mol. The number of esters is 1. The van der Waals surface area contributed by atoms with Crippen molar-refractivity contribution in [1.82, 2.24) is 0 Å². The molecule has 0 radical (unpaired) electrons. The lowest BCUT2D eigenvalue weighted by atomic mass is 10.0. The van der Waals surface area contributed by atoms with Crippen LogP contribution in [0.5, 0.6) is 0 Å². The molecule has 0 aromatic heterocycles. The van der Waals surface area contributed by atoms with Crippen molar-refractivity contribution < 1.29 is 14.3 Å². The summed E-state index contributed by atoms with van der Waals surface area (Å²) < 4.78 is 5.99. The lowest BCUT2D eigenvalue weighted by molar-refractivity contribution is -0.146. The molecule has 0 atom stereocenters. The van der Waals surface area contributed by atoms with Crippen molar-refractivity contribution in [2.75, 3.05) is 11.9 Å². The van der Waals surface area contributed by atoms with Crippen LogP contribution in [-0.2, 0) is 20.7 Å². The van der Waals surface area contributed by atoms with Gasteiger partial charge in [0.25, 0.3) is 5.91 Å². The summed E-state index contributed by atoms with van der Waals surface area (Å²) in [5.41, 5.74) is 2.64. The van der Waals surface area contributed by atoms with Crippen molar-refractivity contribution in [2.24, 2.45) is 0 Å². The Hall–Kier alpha value is -2.14. The zero-order valence-corrected chi connectivity index (χ0v) is 15.3. The fourth-order valence-corrected chi connectivity index (χ4v) is 2.53. The van der Waals surface area contributed by atoms with E-state index in [4.69, 9.17) is 4.74 Å². The van der Waals surface area contributed by atoms with Crippen molar-refractivity contribution in [3.63, 3.8) is 0 Å². The van der Waals surface area contributed by atoms with Gasteiger partial charge in [-0.3, -0.25) is 9.59 Å². The highest BCUT2D eigenvalue weighted by atomic mass is 79.9. The minimum absolute atomic E-state index is 0.142. The fourth-order valence-electron chi connectivity index (χ4n) is 2.27. The first kappa shape index (κ1) is 18.2. The van der Waals surface area contributed by atoms with Gasteiger partial charge >= 0.3 is 5.97 Å². The standard InChI is InChI=1S/C19H20BrNO3/c1-13(2)16-5-3-4-6-17(16)21-18(22)12-24-19(23)11-14-7-9-15(20)10-8-14/h3-10,13H,11-12H2,1-2H3,(H,21,22). The number of rotatable bonds is 6. The number of para-hydroxylation sites is 1. The minimum atomic E-state index is -0.426. The number of carbonyl (C=O) groups excluding carboxylic acids is 2. The Labute approximate surface area is 150 Å². The van der Waals surface area contributed by atoms with E-state index in [9.17, 15) is 9.59 Å². The quantitative estimate of drug-likeness (QED) is 0.749. The van der Waals surface area contributed by atoms with E-state index < -0.39 is 5.97 Å². The SMILES string of the molecule is CC(C)c1ccccc1NC(=O)COC(=O)Cc1ccc(Br)cc1. The molecule has 24 heavy (non-hydrogen) atoms. The molecule has 0 aliphatic heterocycles. The number of carbonyl (C=O) groups is 2. The third-order valence-electron chi connectivity index (χ3n) is 3.48. The van der Waals surface area contributed by atoms with Gasteiger partial charge in [-0.2, -0.15) is 0 Å². The molecule has 2 rings (SSSR count). The van der Waals surface area contributed by atoms with Crippen LogP contribution < -0.4 is 5.32 Å². The van der Waals surface area contributed by atoms with Crippen LogP contribution in [-0.4, -0.2) is 18.5 Å². The van der Waals surface area contributed by atoms with Gasteiger partial charge < -0.3 is 10.1 Å². The smallest absolute Gasteiger partial charge is 0.310 e. The van der Waals surface area contributed by atoms with E-state index in [2.05, 4.69) is 35.1 Å². The molecule has 0 saturated carbocycles. The molecule has 5 heteroatoms. The van der Waals surface area contributed by atoms with Gasteiger partial charge in [-0.1, -0.05) is 60.1 Å². The summed E-state index contributed by atoms with van der Waals surface area (Å²) >= 11 is 3.34. The highest BCUT2D eigenvalue weighted by Gasteiger charge is 2.11. The van der Waals surface area contributed by atoms with Gasteiger partial charge in [-0.25, -0.2) is 0 Å². The van der Waals surface area contributed by atoms with E-state index in [-0.39, 0.29) is 18.9 Å². The van der Waals surface area contributed by atoms with Crippen molar-refractivity contribution in [3.8, 4) is 0 Å². The third-order valence-corrected chi connectivity index (χ3v) is 4.01. The van der Waals surface area contributed by atoms with E-state index in [1.807, 2.05) is 48.5 Å². The van der Waals surface area contributed by atoms with E-state index in [0.29, 0.717) is 5.92 Å². The number of halogens is 1. The molecule has 2 aromatic rings. The van der Waals surface area contributed by atoms with E-state index in [0.717, 1.165) is 21.3 Å².